The molecule has 6 nitrogen and oxygen atoms in total. The van der Waals surface area contributed by atoms with Crippen LogP contribution in [0.2, 0.25) is 0 Å². The van der Waals surface area contributed by atoms with E-state index in [2.05, 4.69) is 20.6 Å². The number of aromatic nitrogens is 2. The van der Waals surface area contributed by atoms with Crippen molar-refractivity contribution in [3.05, 3.63) is 119 Å². The van der Waals surface area contributed by atoms with Gasteiger partial charge in [-0.2, -0.15) is 13.2 Å². The molecule has 5 aromatic rings. The molecule has 5 rings (SSSR count). The van der Waals surface area contributed by atoms with Crippen LogP contribution in [0, 0.1) is 6.92 Å². The minimum Gasteiger partial charge on any atom is -0.348 e. The van der Waals surface area contributed by atoms with E-state index in [9.17, 15) is 22.8 Å². The third-order valence-electron chi connectivity index (χ3n) is 6.22. The molecule has 2 amide bonds. The Morgan fingerprint density at radius 1 is 0.821 bits per heavy atom. The van der Waals surface area contributed by atoms with Gasteiger partial charge >= 0.3 is 6.18 Å². The first-order valence-corrected chi connectivity index (χ1v) is 12.1. The van der Waals surface area contributed by atoms with Gasteiger partial charge < -0.3 is 10.3 Å². The number of aryl methyl sites for hydroxylation is 1. The molecular formula is C30H23F3N4O2. The quantitative estimate of drug-likeness (QED) is 0.228. The maximum Gasteiger partial charge on any atom is 0.416 e. The lowest BCUT2D eigenvalue weighted by molar-refractivity contribution is -0.137. The number of rotatable bonds is 6. The van der Waals surface area contributed by atoms with Crippen LogP contribution in [-0.4, -0.2) is 21.8 Å². The second-order valence-electron chi connectivity index (χ2n) is 9.10. The maximum absolute atomic E-state index is 12.8. The van der Waals surface area contributed by atoms with E-state index in [1.807, 2.05) is 55.5 Å². The molecule has 0 unspecified atom stereocenters. The molecular weight excluding hydrogens is 505 g/mol. The SMILES string of the molecule is Cc1ccc(CNC(=O)c2cccc(-c3ccc4nc(NC(=O)c5ccc(C(F)(F)F)cc5)[nH]c4c3)c2)cc1. The van der Waals surface area contributed by atoms with Crippen LogP contribution >= 0.6 is 0 Å². The lowest BCUT2D eigenvalue weighted by Crippen LogP contribution is -2.22. The number of nitrogens with zero attached hydrogens (tertiary/aromatic N) is 1. The van der Waals surface area contributed by atoms with Crippen LogP contribution in [0.5, 0.6) is 0 Å². The molecule has 0 radical (unpaired) electrons. The Morgan fingerprint density at radius 3 is 2.26 bits per heavy atom. The topological polar surface area (TPSA) is 86.9 Å². The van der Waals surface area contributed by atoms with E-state index in [1.54, 1.807) is 18.2 Å². The molecule has 0 aliphatic heterocycles. The zero-order valence-electron chi connectivity index (χ0n) is 20.8. The molecule has 0 aliphatic carbocycles. The zero-order chi connectivity index (χ0) is 27.6. The van der Waals surface area contributed by atoms with E-state index in [4.69, 9.17) is 0 Å². The zero-order valence-corrected chi connectivity index (χ0v) is 20.8. The molecule has 0 bridgehead atoms. The van der Waals surface area contributed by atoms with Crippen molar-refractivity contribution in [2.24, 2.45) is 0 Å². The van der Waals surface area contributed by atoms with Gasteiger partial charge in [0.25, 0.3) is 11.8 Å². The Morgan fingerprint density at radius 2 is 1.54 bits per heavy atom. The van der Waals surface area contributed by atoms with Crippen molar-refractivity contribution in [3.63, 3.8) is 0 Å². The number of H-pyrrole nitrogens is 1. The number of nitrogens with one attached hydrogen (secondary N) is 3. The van der Waals surface area contributed by atoms with E-state index in [-0.39, 0.29) is 17.4 Å². The number of anilines is 1. The van der Waals surface area contributed by atoms with E-state index in [0.717, 1.165) is 46.5 Å². The average molecular weight is 529 g/mol. The first-order valence-electron chi connectivity index (χ1n) is 12.1. The third kappa shape index (κ3) is 5.98. The Balaban J connectivity index is 1.29. The standard InChI is InChI=1S/C30H23F3N4O2/c1-18-5-7-19(8-6-18)17-34-27(38)23-4-2-3-21(15-23)22-11-14-25-26(16-22)36-29(35-25)37-28(39)20-9-12-24(13-10-20)30(31,32)33/h2-16H,17H2,1H3,(H,34,38)(H2,35,36,37,39). The van der Waals surface area contributed by atoms with Crippen LogP contribution in [0.3, 0.4) is 0 Å². The van der Waals surface area contributed by atoms with Gasteiger partial charge in [0, 0.05) is 17.7 Å². The number of alkyl halides is 3. The molecule has 0 saturated carbocycles. The number of halogens is 3. The predicted molar refractivity (Wildman–Crippen MR) is 143 cm³/mol. The van der Waals surface area contributed by atoms with Crippen LogP contribution < -0.4 is 10.6 Å². The van der Waals surface area contributed by atoms with Crippen molar-refractivity contribution in [1.29, 1.82) is 0 Å². The van der Waals surface area contributed by atoms with Gasteiger partial charge in [-0.25, -0.2) is 4.98 Å². The highest BCUT2D eigenvalue weighted by atomic mass is 19.4. The number of carbonyl (C=O) groups excluding carboxylic acids is 2. The lowest BCUT2D eigenvalue weighted by Gasteiger charge is -2.08. The molecule has 1 aromatic heterocycles. The van der Waals surface area contributed by atoms with Crippen molar-refractivity contribution < 1.29 is 22.8 Å². The molecule has 9 heteroatoms. The van der Waals surface area contributed by atoms with Crippen molar-refractivity contribution in [2.45, 2.75) is 19.6 Å². The lowest BCUT2D eigenvalue weighted by atomic mass is 10.0. The van der Waals surface area contributed by atoms with Gasteiger partial charge in [-0.1, -0.05) is 48.0 Å². The molecule has 0 atom stereocenters. The summed E-state index contributed by atoms with van der Waals surface area (Å²) >= 11 is 0. The Kier molecular flexibility index (Phi) is 6.89. The number of fused-ring (bicyclic) bond motifs is 1. The molecule has 0 aliphatic rings. The molecule has 4 aromatic carbocycles. The average Bonchev–Trinajstić information content (AvgIpc) is 3.33. The molecule has 196 valence electrons. The second kappa shape index (κ2) is 10.4. The second-order valence-corrected chi connectivity index (χ2v) is 9.10. The number of amides is 2. The molecule has 3 N–H and O–H groups in total. The van der Waals surface area contributed by atoms with Crippen molar-refractivity contribution in [3.8, 4) is 11.1 Å². The maximum atomic E-state index is 12.8. The Hall–Kier alpha value is -4.92. The van der Waals surface area contributed by atoms with Gasteiger partial charge in [0.1, 0.15) is 0 Å². The summed E-state index contributed by atoms with van der Waals surface area (Å²) in [5.41, 5.74) is 4.82. The summed E-state index contributed by atoms with van der Waals surface area (Å²) in [5, 5.41) is 5.52. The van der Waals surface area contributed by atoms with Gasteiger partial charge in [0.05, 0.1) is 16.6 Å². The fraction of sp³-hybridized carbons (Fsp3) is 0.100. The highest BCUT2D eigenvalue weighted by Gasteiger charge is 2.30. The predicted octanol–water partition coefficient (Wildman–Crippen LogP) is 6.74. The molecule has 0 spiro atoms. The molecule has 39 heavy (non-hydrogen) atoms. The van der Waals surface area contributed by atoms with E-state index in [0.29, 0.717) is 23.1 Å². The minimum absolute atomic E-state index is 0.0709. The molecule has 0 fully saturated rings. The first kappa shape index (κ1) is 25.7. The fourth-order valence-corrected chi connectivity index (χ4v) is 4.07. The highest BCUT2D eigenvalue weighted by Crippen LogP contribution is 2.29. The number of imidazole rings is 1. The summed E-state index contributed by atoms with van der Waals surface area (Å²) in [5.74, 6) is -0.614. The van der Waals surface area contributed by atoms with Crippen LogP contribution in [0.1, 0.15) is 37.4 Å². The number of hydrogen-bond donors (Lipinski definition) is 3. The third-order valence-corrected chi connectivity index (χ3v) is 6.22. The van der Waals surface area contributed by atoms with E-state index in [1.165, 1.54) is 0 Å². The summed E-state index contributed by atoms with van der Waals surface area (Å²) < 4.78 is 38.3. The molecule has 1 heterocycles. The Bertz CT molecular complexity index is 1660. The van der Waals surface area contributed by atoms with Crippen LogP contribution in [0.25, 0.3) is 22.2 Å². The van der Waals surface area contributed by atoms with Crippen LogP contribution in [0.15, 0.2) is 91.0 Å². The van der Waals surface area contributed by atoms with E-state index >= 15 is 0 Å². The number of benzene rings is 4. The van der Waals surface area contributed by atoms with Crippen molar-refractivity contribution in [1.82, 2.24) is 15.3 Å². The van der Waals surface area contributed by atoms with Crippen LogP contribution in [0.4, 0.5) is 19.1 Å². The van der Waals surface area contributed by atoms with Crippen LogP contribution in [-0.2, 0) is 12.7 Å². The Labute approximate surface area is 221 Å². The summed E-state index contributed by atoms with van der Waals surface area (Å²) in [4.78, 5) is 32.6. The summed E-state index contributed by atoms with van der Waals surface area (Å²) in [6.45, 7) is 2.43. The smallest absolute Gasteiger partial charge is 0.348 e. The van der Waals surface area contributed by atoms with Crippen molar-refractivity contribution in [2.75, 3.05) is 5.32 Å². The van der Waals surface area contributed by atoms with Crippen molar-refractivity contribution >= 4 is 28.8 Å². The van der Waals surface area contributed by atoms with E-state index < -0.39 is 17.6 Å². The van der Waals surface area contributed by atoms with Gasteiger partial charge in [-0.3, -0.25) is 14.9 Å². The normalized spacial score (nSPS) is 11.4. The van der Waals surface area contributed by atoms with Gasteiger partial charge in [0.15, 0.2) is 0 Å². The minimum atomic E-state index is -4.48. The summed E-state index contributed by atoms with van der Waals surface area (Å²) in [7, 11) is 0. The number of hydrogen-bond acceptors (Lipinski definition) is 3. The number of aromatic amines is 1. The first-order chi connectivity index (χ1) is 18.7. The van der Waals surface area contributed by atoms with Gasteiger partial charge in [-0.05, 0) is 72.1 Å². The molecule has 0 saturated heterocycles. The summed E-state index contributed by atoms with van der Waals surface area (Å²) in [6, 6.07) is 24.6. The largest absolute Gasteiger partial charge is 0.416 e. The highest BCUT2D eigenvalue weighted by molar-refractivity contribution is 6.04. The van der Waals surface area contributed by atoms with Gasteiger partial charge in [-0.15, -0.1) is 0 Å². The fourth-order valence-electron chi connectivity index (χ4n) is 4.07. The number of carbonyl (C=O) groups is 2. The monoisotopic (exact) mass is 528 g/mol. The van der Waals surface area contributed by atoms with Gasteiger partial charge in [0.2, 0.25) is 5.95 Å². The summed E-state index contributed by atoms with van der Waals surface area (Å²) in [6.07, 6.45) is -4.48.